The van der Waals surface area contributed by atoms with Gasteiger partial charge in [-0.15, -0.1) is 0 Å². The van der Waals surface area contributed by atoms with Crippen molar-refractivity contribution in [2.75, 3.05) is 18.8 Å². The first kappa shape index (κ1) is 13.2. The van der Waals surface area contributed by atoms with Crippen molar-refractivity contribution in [3.63, 3.8) is 0 Å². The topological polar surface area (TPSA) is 64.2 Å². The molecule has 1 amide bonds. The fourth-order valence-electron chi connectivity index (χ4n) is 2.82. The molecule has 1 saturated heterocycles. The number of aromatic nitrogens is 2. The summed E-state index contributed by atoms with van der Waals surface area (Å²) in [6, 6.07) is 5.14. The van der Waals surface area contributed by atoms with Crippen LogP contribution in [-0.2, 0) is 4.79 Å². The number of benzene rings is 1. The molecule has 0 spiro atoms. The van der Waals surface area contributed by atoms with Gasteiger partial charge in [-0.25, -0.2) is 4.98 Å². The van der Waals surface area contributed by atoms with Gasteiger partial charge in [0.2, 0.25) is 11.9 Å². The van der Waals surface area contributed by atoms with E-state index in [9.17, 15) is 4.79 Å². The predicted molar refractivity (Wildman–Crippen MR) is 79.7 cm³/mol. The smallest absolute Gasteiger partial charge is 0.245 e. The minimum absolute atomic E-state index is 0.0912. The molecule has 2 N–H and O–H groups in total. The molecule has 20 heavy (non-hydrogen) atoms. The number of carbonyl (C=O) groups excluding carboxylic acids is 1. The van der Waals surface area contributed by atoms with E-state index in [1.165, 1.54) is 0 Å². The Morgan fingerprint density at radius 2 is 2.10 bits per heavy atom. The minimum Gasteiger partial charge on any atom is -0.369 e. The van der Waals surface area contributed by atoms with Gasteiger partial charge in [-0.1, -0.05) is 17.7 Å². The van der Waals surface area contributed by atoms with Crippen LogP contribution < -0.4 is 5.73 Å². The molecule has 2 heterocycles. The van der Waals surface area contributed by atoms with Crippen LogP contribution in [0.4, 0.5) is 5.95 Å². The fraction of sp³-hybridized carbons (Fsp3) is 0.429. The molecule has 1 aromatic carbocycles. The Morgan fingerprint density at radius 3 is 2.80 bits per heavy atom. The lowest BCUT2D eigenvalue weighted by molar-refractivity contribution is -0.133. The standard InChI is InChI=1S/C14H17ClN4O/c1-9(13(20)18-7-2-3-8-18)19-11-6-4-5-10(15)12(11)17-14(19)16/h4-6,9H,2-3,7-8H2,1H3,(H2,16,17). The van der Waals surface area contributed by atoms with Gasteiger partial charge in [-0.3, -0.25) is 9.36 Å². The molecular weight excluding hydrogens is 276 g/mol. The molecule has 1 unspecified atom stereocenters. The highest BCUT2D eigenvalue weighted by molar-refractivity contribution is 6.35. The molecule has 1 aromatic heterocycles. The van der Waals surface area contributed by atoms with Crippen LogP contribution in [-0.4, -0.2) is 33.4 Å². The SMILES string of the molecule is CC(C(=O)N1CCCC1)n1c(N)nc2c(Cl)cccc21. The lowest BCUT2D eigenvalue weighted by atomic mass is 10.2. The van der Waals surface area contributed by atoms with Gasteiger partial charge in [0.05, 0.1) is 10.5 Å². The molecule has 2 aromatic rings. The lowest BCUT2D eigenvalue weighted by Crippen LogP contribution is -2.34. The first-order valence-corrected chi connectivity index (χ1v) is 7.18. The molecule has 1 aliphatic heterocycles. The number of amides is 1. The second-order valence-corrected chi connectivity index (χ2v) is 5.56. The Balaban J connectivity index is 2.02. The molecule has 0 radical (unpaired) electrons. The van der Waals surface area contributed by atoms with Gasteiger partial charge in [0, 0.05) is 13.1 Å². The van der Waals surface area contributed by atoms with Crippen molar-refractivity contribution in [1.82, 2.24) is 14.5 Å². The van der Waals surface area contributed by atoms with Crippen LogP contribution in [0.3, 0.4) is 0 Å². The van der Waals surface area contributed by atoms with Crippen molar-refractivity contribution < 1.29 is 4.79 Å². The summed E-state index contributed by atoms with van der Waals surface area (Å²) in [6.45, 7) is 3.52. The number of rotatable bonds is 2. The largest absolute Gasteiger partial charge is 0.369 e. The number of nitrogen functional groups attached to an aromatic ring is 1. The van der Waals surface area contributed by atoms with Crippen LogP contribution >= 0.6 is 11.6 Å². The summed E-state index contributed by atoms with van der Waals surface area (Å²) in [5.74, 6) is 0.418. The first-order valence-electron chi connectivity index (χ1n) is 6.80. The number of nitrogens with zero attached hydrogens (tertiary/aromatic N) is 3. The molecule has 1 fully saturated rings. The number of para-hydroxylation sites is 1. The van der Waals surface area contributed by atoms with Crippen LogP contribution in [0.25, 0.3) is 11.0 Å². The summed E-state index contributed by atoms with van der Waals surface area (Å²) >= 11 is 6.13. The molecule has 0 bridgehead atoms. The van der Waals surface area contributed by atoms with Crippen molar-refractivity contribution in [1.29, 1.82) is 0 Å². The third-order valence-electron chi connectivity index (χ3n) is 3.86. The lowest BCUT2D eigenvalue weighted by Gasteiger charge is -2.22. The van der Waals surface area contributed by atoms with Crippen molar-refractivity contribution in [2.24, 2.45) is 0 Å². The highest BCUT2D eigenvalue weighted by Crippen LogP contribution is 2.29. The molecular formula is C14H17ClN4O. The quantitative estimate of drug-likeness (QED) is 0.925. The van der Waals surface area contributed by atoms with Gasteiger partial charge in [-0.2, -0.15) is 0 Å². The maximum absolute atomic E-state index is 12.5. The number of fused-ring (bicyclic) bond motifs is 1. The number of halogens is 1. The zero-order valence-electron chi connectivity index (χ0n) is 11.3. The summed E-state index contributed by atoms with van der Waals surface area (Å²) in [5.41, 5.74) is 7.43. The third-order valence-corrected chi connectivity index (χ3v) is 4.17. The Kier molecular flexibility index (Phi) is 3.30. The van der Waals surface area contributed by atoms with E-state index < -0.39 is 0 Å². The zero-order valence-corrected chi connectivity index (χ0v) is 12.1. The monoisotopic (exact) mass is 292 g/mol. The second-order valence-electron chi connectivity index (χ2n) is 5.16. The summed E-state index contributed by atoms with van der Waals surface area (Å²) in [6.07, 6.45) is 2.15. The fourth-order valence-corrected chi connectivity index (χ4v) is 3.03. The van der Waals surface area contributed by atoms with E-state index in [1.54, 1.807) is 10.6 Å². The number of hydrogen-bond donors (Lipinski definition) is 1. The van der Waals surface area contributed by atoms with E-state index in [-0.39, 0.29) is 11.9 Å². The molecule has 1 aliphatic rings. The van der Waals surface area contributed by atoms with Crippen molar-refractivity contribution in [3.8, 4) is 0 Å². The maximum Gasteiger partial charge on any atom is 0.245 e. The molecule has 3 rings (SSSR count). The van der Waals surface area contributed by atoms with E-state index in [0.717, 1.165) is 31.4 Å². The van der Waals surface area contributed by atoms with E-state index in [1.807, 2.05) is 24.0 Å². The Labute approximate surface area is 122 Å². The second kappa shape index (κ2) is 4.98. The van der Waals surface area contributed by atoms with Crippen LogP contribution in [0.1, 0.15) is 25.8 Å². The molecule has 6 heteroatoms. The van der Waals surface area contributed by atoms with Gasteiger partial charge in [-0.05, 0) is 31.9 Å². The van der Waals surface area contributed by atoms with Gasteiger partial charge in [0.15, 0.2) is 0 Å². The van der Waals surface area contributed by atoms with Crippen LogP contribution in [0.15, 0.2) is 18.2 Å². The van der Waals surface area contributed by atoms with Crippen molar-refractivity contribution >= 4 is 34.5 Å². The zero-order chi connectivity index (χ0) is 14.3. The summed E-state index contributed by atoms with van der Waals surface area (Å²) in [5, 5.41) is 0.550. The van der Waals surface area contributed by atoms with E-state index in [2.05, 4.69) is 4.98 Å². The summed E-state index contributed by atoms with van der Waals surface area (Å²) in [7, 11) is 0. The van der Waals surface area contributed by atoms with E-state index in [4.69, 9.17) is 17.3 Å². The Bertz CT molecular complexity index is 660. The number of anilines is 1. The highest BCUT2D eigenvalue weighted by atomic mass is 35.5. The number of likely N-dealkylation sites (tertiary alicyclic amines) is 1. The molecule has 5 nitrogen and oxygen atoms in total. The average molecular weight is 293 g/mol. The Hall–Kier alpha value is -1.75. The third kappa shape index (κ3) is 2.02. The summed E-state index contributed by atoms with van der Waals surface area (Å²) < 4.78 is 1.77. The first-order chi connectivity index (χ1) is 9.59. The normalized spacial score (nSPS) is 16.8. The van der Waals surface area contributed by atoms with E-state index >= 15 is 0 Å². The molecule has 1 atom stereocenters. The van der Waals surface area contributed by atoms with Crippen LogP contribution in [0.5, 0.6) is 0 Å². The molecule has 0 aliphatic carbocycles. The van der Waals surface area contributed by atoms with Gasteiger partial charge >= 0.3 is 0 Å². The Morgan fingerprint density at radius 1 is 1.40 bits per heavy atom. The number of nitrogens with two attached hydrogens (primary N) is 1. The number of imidazole rings is 1. The highest BCUT2D eigenvalue weighted by Gasteiger charge is 2.27. The molecule has 106 valence electrons. The van der Waals surface area contributed by atoms with E-state index in [0.29, 0.717) is 16.5 Å². The predicted octanol–water partition coefficient (Wildman–Crippen LogP) is 2.46. The number of carbonyl (C=O) groups is 1. The maximum atomic E-state index is 12.5. The molecule has 0 saturated carbocycles. The van der Waals surface area contributed by atoms with Crippen LogP contribution in [0.2, 0.25) is 5.02 Å². The van der Waals surface area contributed by atoms with Gasteiger partial charge in [0.1, 0.15) is 11.6 Å². The minimum atomic E-state index is -0.364. The van der Waals surface area contributed by atoms with Gasteiger partial charge < -0.3 is 10.6 Å². The average Bonchev–Trinajstić information content (AvgIpc) is 3.05. The van der Waals surface area contributed by atoms with Crippen molar-refractivity contribution in [3.05, 3.63) is 23.2 Å². The number of hydrogen-bond acceptors (Lipinski definition) is 3. The van der Waals surface area contributed by atoms with Crippen molar-refractivity contribution in [2.45, 2.75) is 25.8 Å². The summed E-state index contributed by atoms with van der Waals surface area (Å²) in [4.78, 5) is 18.7. The van der Waals surface area contributed by atoms with Gasteiger partial charge in [0.25, 0.3) is 0 Å². The van der Waals surface area contributed by atoms with Crippen LogP contribution in [0, 0.1) is 0 Å².